The summed E-state index contributed by atoms with van der Waals surface area (Å²) in [7, 11) is 0. The van der Waals surface area contributed by atoms with E-state index < -0.39 is 23.6 Å². The first-order valence-corrected chi connectivity index (χ1v) is 10.6. The van der Waals surface area contributed by atoms with E-state index in [0.717, 1.165) is 5.56 Å². The Morgan fingerprint density at radius 3 is 2.29 bits per heavy atom. The van der Waals surface area contributed by atoms with Crippen molar-refractivity contribution in [1.82, 2.24) is 0 Å². The van der Waals surface area contributed by atoms with E-state index >= 15 is 0 Å². The number of ether oxygens (including phenoxy) is 2. The van der Waals surface area contributed by atoms with Crippen LogP contribution in [0.15, 0.2) is 45.6 Å². The topological polar surface area (TPSA) is 82.8 Å². The first-order chi connectivity index (χ1) is 14.6. The number of aryl methyl sites for hydroxylation is 1. The summed E-state index contributed by atoms with van der Waals surface area (Å²) in [6.07, 6.45) is 5.92. The number of Topliss-reactive ketones (excluding diaryl/α,β-unsaturated/α-hetero) is 1. The zero-order chi connectivity index (χ0) is 23.1. The predicted octanol–water partition coefficient (Wildman–Crippen LogP) is 5.19. The van der Waals surface area contributed by atoms with Crippen molar-refractivity contribution in [3.05, 3.63) is 58.1 Å². The number of esters is 2. The highest BCUT2D eigenvalue weighted by Gasteiger charge is 2.58. The second kappa shape index (κ2) is 8.33. The third-order valence-electron chi connectivity index (χ3n) is 6.91. The number of furan rings is 1. The van der Waals surface area contributed by atoms with E-state index in [-0.39, 0.29) is 23.4 Å². The van der Waals surface area contributed by atoms with Gasteiger partial charge in [-0.25, -0.2) is 9.59 Å². The maximum Gasteiger partial charge on any atom is 0.334 e. The number of ketones is 1. The van der Waals surface area contributed by atoms with Gasteiger partial charge in [0.25, 0.3) is 0 Å². The van der Waals surface area contributed by atoms with Gasteiger partial charge in [0.05, 0.1) is 6.26 Å². The van der Waals surface area contributed by atoms with Crippen molar-refractivity contribution >= 4 is 17.7 Å². The van der Waals surface area contributed by atoms with E-state index in [2.05, 4.69) is 0 Å². The molecular formula is C25H30O6. The highest BCUT2D eigenvalue weighted by Crippen LogP contribution is 2.58. The Bertz CT molecular complexity index is 1020. The fourth-order valence-electron chi connectivity index (χ4n) is 4.38. The first kappa shape index (κ1) is 22.8. The molecule has 0 aromatic carbocycles. The minimum Gasteiger partial charge on any atom is -0.460 e. The number of allylic oxidation sites excluding steroid dienone is 2. The molecule has 0 saturated carbocycles. The standard InChI is InChI=1S/C25H30O6/c1-8-13(3)23(27)30-18-11-10-17-20(26)21-19(15(5)12-29-21)22(25(17,7)16(18)6)31-24(28)14(4)9-2/h8-10,12,16,18,22H,11H2,1-7H3. The number of rotatable bonds is 4. The molecule has 1 heterocycles. The Hall–Kier alpha value is -2.89. The smallest absolute Gasteiger partial charge is 0.334 e. The summed E-state index contributed by atoms with van der Waals surface area (Å²) in [5.41, 5.74) is 1.99. The van der Waals surface area contributed by atoms with Crippen LogP contribution in [0.1, 0.15) is 75.7 Å². The van der Waals surface area contributed by atoms with Crippen LogP contribution in [0.2, 0.25) is 0 Å². The minimum atomic E-state index is -0.880. The van der Waals surface area contributed by atoms with Crippen LogP contribution >= 0.6 is 0 Å². The molecule has 0 aliphatic heterocycles. The van der Waals surface area contributed by atoms with Gasteiger partial charge in [-0.1, -0.05) is 32.1 Å². The maximum atomic E-state index is 13.3. The molecule has 0 bridgehead atoms. The van der Waals surface area contributed by atoms with E-state index in [0.29, 0.717) is 28.7 Å². The fraction of sp³-hybridized carbons (Fsp3) is 0.480. The second-order valence-corrected chi connectivity index (χ2v) is 8.59. The van der Waals surface area contributed by atoms with Crippen molar-refractivity contribution < 1.29 is 28.3 Å². The SMILES string of the molecule is CC=C(C)C(=O)OC1CC=C2C(=O)c3occ(C)c3C(OC(=O)C(C)=CC)C2(C)C1C. The van der Waals surface area contributed by atoms with Gasteiger partial charge >= 0.3 is 11.9 Å². The molecule has 0 N–H and O–H groups in total. The lowest BCUT2D eigenvalue weighted by atomic mass is 9.57. The van der Waals surface area contributed by atoms with Crippen LogP contribution in [0.4, 0.5) is 0 Å². The van der Waals surface area contributed by atoms with Crippen LogP contribution < -0.4 is 0 Å². The summed E-state index contributed by atoms with van der Waals surface area (Å²) in [6.45, 7) is 12.6. The van der Waals surface area contributed by atoms with Crippen LogP contribution in [-0.4, -0.2) is 23.8 Å². The Morgan fingerprint density at radius 1 is 1.13 bits per heavy atom. The Labute approximate surface area is 183 Å². The number of carbonyl (C=O) groups excluding carboxylic acids is 3. The van der Waals surface area contributed by atoms with E-state index in [1.165, 1.54) is 6.26 Å². The molecule has 2 aliphatic carbocycles. The minimum absolute atomic E-state index is 0.207. The molecule has 3 rings (SSSR count). The quantitative estimate of drug-likeness (QED) is 0.487. The van der Waals surface area contributed by atoms with Gasteiger partial charge in [-0.3, -0.25) is 4.79 Å². The first-order valence-electron chi connectivity index (χ1n) is 10.6. The van der Waals surface area contributed by atoms with Gasteiger partial charge < -0.3 is 13.9 Å². The monoisotopic (exact) mass is 426 g/mol. The van der Waals surface area contributed by atoms with Crippen molar-refractivity contribution in [1.29, 1.82) is 0 Å². The van der Waals surface area contributed by atoms with Gasteiger partial charge in [0.1, 0.15) is 12.2 Å². The van der Waals surface area contributed by atoms with E-state index in [1.807, 2.05) is 20.8 Å². The van der Waals surface area contributed by atoms with Gasteiger partial charge in [-0.2, -0.15) is 0 Å². The highest BCUT2D eigenvalue weighted by molar-refractivity contribution is 6.10. The molecule has 31 heavy (non-hydrogen) atoms. The Morgan fingerprint density at radius 2 is 1.71 bits per heavy atom. The summed E-state index contributed by atoms with van der Waals surface area (Å²) in [5.74, 6) is -1.12. The second-order valence-electron chi connectivity index (χ2n) is 8.59. The molecule has 1 aromatic rings. The van der Waals surface area contributed by atoms with Gasteiger partial charge in [0, 0.05) is 40.0 Å². The summed E-state index contributed by atoms with van der Waals surface area (Å²) in [6, 6.07) is 0. The van der Waals surface area contributed by atoms with Crippen molar-refractivity contribution in [2.45, 2.75) is 67.1 Å². The summed E-state index contributed by atoms with van der Waals surface area (Å²) >= 11 is 0. The van der Waals surface area contributed by atoms with Gasteiger partial charge in [-0.15, -0.1) is 0 Å². The number of hydrogen-bond donors (Lipinski definition) is 0. The van der Waals surface area contributed by atoms with Gasteiger partial charge in [0.2, 0.25) is 5.78 Å². The zero-order valence-electron chi connectivity index (χ0n) is 19.2. The Balaban J connectivity index is 2.10. The third kappa shape index (κ3) is 3.58. The third-order valence-corrected chi connectivity index (χ3v) is 6.91. The lowest BCUT2D eigenvalue weighted by Crippen LogP contribution is -2.50. The van der Waals surface area contributed by atoms with Crippen LogP contribution in [0.25, 0.3) is 0 Å². The zero-order valence-corrected chi connectivity index (χ0v) is 19.2. The van der Waals surface area contributed by atoms with Crippen molar-refractivity contribution in [3.8, 4) is 0 Å². The molecule has 2 aliphatic rings. The largest absolute Gasteiger partial charge is 0.460 e. The van der Waals surface area contributed by atoms with Crippen molar-refractivity contribution in [2.75, 3.05) is 0 Å². The lowest BCUT2D eigenvalue weighted by molar-refractivity contribution is -0.162. The van der Waals surface area contributed by atoms with Crippen molar-refractivity contribution in [3.63, 3.8) is 0 Å². The molecule has 0 saturated heterocycles. The van der Waals surface area contributed by atoms with Crippen LogP contribution in [0.3, 0.4) is 0 Å². The molecule has 166 valence electrons. The van der Waals surface area contributed by atoms with Crippen LogP contribution in [0.5, 0.6) is 0 Å². The summed E-state index contributed by atoms with van der Waals surface area (Å²) < 4.78 is 17.4. The average Bonchev–Trinajstić information content (AvgIpc) is 3.14. The number of hydrogen-bond acceptors (Lipinski definition) is 6. The molecule has 0 radical (unpaired) electrons. The normalized spacial score (nSPS) is 28.4. The number of carbonyl (C=O) groups is 3. The summed E-state index contributed by atoms with van der Waals surface area (Å²) in [4.78, 5) is 38.5. The Kier molecular flexibility index (Phi) is 6.12. The van der Waals surface area contributed by atoms with Gasteiger partial charge in [-0.05, 0) is 40.2 Å². The average molecular weight is 427 g/mol. The predicted molar refractivity (Wildman–Crippen MR) is 115 cm³/mol. The molecule has 4 atom stereocenters. The molecule has 6 heteroatoms. The molecule has 6 nitrogen and oxygen atoms in total. The molecule has 0 fully saturated rings. The summed E-state index contributed by atoms with van der Waals surface area (Å²) in [5, 5.41) is 0. The molecule has 0 spiro atoms. The highest BCUT2D eigenvalue weighted by atomic mass is 16.6. The molecule has 4 unspecified atom stereocenters. The van der Waals surface area contributed by atoms with Crippen LogP contribution in [-0.2, 0) is 19.1 Å². The van der Waals surface area contributed by atoms with E-state index in [9.17, 15) is 14.4 Å². The van der Waals surface area contributed by atoms with Crippen LogP contribution in [0, 0.1) is 18.3 Å². The lowest BCUT2D eigenvalue weighted by Gasteiger charge is -2.49. The molecule has 0 amide bonds. The van der Waals surface area contributed by atoms with Gasteiger partial charge in [0.15, 0.2) is 5.76 Å². The maximum absolute atomic E-state index is 13.3. The fourth-order valence-corrected chi connectivity index (χ4v) is 4.38. The number of fused-ring (bicyclic) bond motifs is 2. The molecule has 1 aromatic heterocycles. The molecular weight excluding hydrogens is 396 g/mol. The van der Waals surface area contributed by atoms with E-state index in [1.54, 1.807) is 45.9 Å². The van der Waals surface area contributed by atoms with Crippen molar-refractivity contribution in [2.24, 2.45) is 11.3 Å². The van der Waals surface area contributed by atoms with E-state index in [4.69, 9.17) is 13.9 Å².